The Labute approximate surface area is 113 Å². The van der Waals surface area contributed by atoms with Crippen molar-refractivity contribution in [3.8, 4) is 0 Å². The highest BCUT2D eigenvalue weighted by Crippen LogP contribution is 2.24. The molecular formula is C13H17NO4S. The molecule has 5 nitrogen and oxygen atoms in total. The second-order valence-corrected chi connectivity index (χ2v) is 6.45. The van der Waals surface area contributed by atoms with Crippen LogP contribution in [0.15, 0.2) is 29.2 Å². The molecule has 1 N–H and O–H groups in total. The first-order valence-corrected chi connectivity index (χ1v) is 7.57. The quantitative estimate of drug-likeness (QED) is 0.828. The van der Waals surface area contributed by atoms with Crippen molar-refractivity contribution in [2.24, 2.45) is 0 Å². The van der Waals surface area contributed by atoms with E-state index in [0.717, 1.165) is 0 Å². The number of hydrogen-bond acceptors (Lipinski definition) is 4. The molecule has 0 atom stereocenters. The van der Waals surface area contributed by atoms with E-state index in [9.17, 15) is 13.2 Å². The van der Waals surface area contributed by atoms with Crippen LogP contribution in [0, 0.1) is 0 Å². The van der Waals surface area contributed by atoms with Gasteiger partial charge in [0.05, 0.1) is 11.0 Å². The van der Waals surface area contributed by atoms with Gasteiger partial charge in [0, 0.05) is 18.7 Å². The van der Waals surface area contributed by atoms with Crippen molar-refractivity contribution in [1.29, 1.82) is 0 Å². The van der Waals surface area contributed by atoms with Crippen LogP contribution in [0.25, 0.3) is 0 Å². The van der Waals surface area contributed by atoms with Gasteiger partial charge < -0.3 is 4.74 Å². The smallest absolute Gasteiger partial charge is 0.240 e. The number of rotatable bonds is 5. The Morgan fingerprint density at radius 3 is 2.63 bits per heavy atom. The van der Waals surface area contributed by atoms with Crippen LogP contribution in [0.5, 0.6) is 0 Å². The summed E-state index contributed by atoms with van der Waals surface area (Å²) < 4.78 is 32.0. The topological polar surface area (TPSA) is 72.5 Å². The maximum absolute atomic E-state index is 12.1. The number of nitrogens with one attached hydrogen (secondary N) is 1. The van der Waals surface area contributed by atoms with Gasteiger partial charge in [0.25, 0.3) is 0 Å². The Hall–Kier alpha value is -1.24. The minimum absolute atomic E-state index is 0.0871. The van der Waals surface area contributed by atoms with E-state index in [1.165, 1.54) is 19.1 Å². The van der Waals surface area contributed by atoms with Gasteiger partial charge in [0.1, 0.15) is 0 Å². The largest absolute Gasteiger partial charge is 0.381 e. The van der Waals surface area contributed by atoms with Crippen molar-refractivity contribution in [2.45, 2.75) is 36.8 Å². The average molecular weight is 283 g/mol. The third kappa shape index (κ3) is 3.20. The summed E-state index contributed by atoms with van der Waals surface area (Å²) in [5.74, 6) is -0.153. The van der Waals surface area contributed by atoms with Gasteiger partial charge in [-0.15, -0.1) is 0 Å². The highest BCUT2D eigenvalue weighted by atomic mass is 32.2. The fourth-order valence-corrected chi connectivity index (χ4v) is 3.33. The number of benzene rings is 1. The standard InChI is InChI=1S/C13H17NO4S/c1-9(15)10-4-3-5-13(6-10)19(16,17)14-11-7-12(8-11)18-2/h3-6,11-12,14H,7-8H2,1-2H3. The molecule has 0 heterocycles. The molecule has 1 fully saturated rings. The lowest BCUT2D eigenvalue weighted by Crippen LogP contribution is -2.47. The van der Waals surface area contributed by atoms with Crippen molar-refractivity contribution in [2.75, 3.05) is 7.11 Å². The Morgan fingerprint density at radius 2 is 2.05 bits per heavy atom. The van der Waals surface area contributed by atoms with Gasteiger partial charge in [-0.25, -0.2) is 13.1 Å². The van der Waals surface area contributed by atoms with Crippen LogP contribution in [0.2, 0.25) is 0 Å². The van der Waals surface area contributed by atoms with Gasteiger partial charge in [-0.3, -0.25) is 4.79 Å². The Balaban J connectivity index is 2.11. The molecule has 1 aromatic rings. The SMILES string of the molecule is COC1CC(NS(=O)(=O)c2cccc(C(C)=O)c2)C1. The molecule has 1 aliphatic carbocycles. The molecule has 1 aliphatic rings. The summed E-state index contributed by atoms with van der Waals surface area (Å²) in [6.07, 6.45) is 1.50. The summed E-state index contributed by atoms with van der Waals surface area (Å²) in [7, 11) is -1.95. The van der Waals surface area contributed by atoms with Crippen molar-refractivity contribution in [3.63, 3.8) is 0 Å². The van der Waals surface area contributed by atoms with Crippen molar-refractivity contribution in [3.05, 3.63) is 29.8 Å². The first-order valence-electron chi connectivity index (χ1n) is 6.08. The van der Waals surface area contributed by atoms with Gasteiger partial charge in [-0.2, -0.15) is 0 Å². The molecule has 6 heteroatoms. The van der Waals surface area contributed by atoms with Crippen LogP contribution < -0.4 is 4.72 Å². The van der Waals surface area contributed by atoms with Gasteiger partial charge in [0.2, 0.25) is 10.0 Å². The molecule has 0 unspecified atom stereocenters. The van der Waals surface area contributed by atoms with E-state index in [1.54, 1.807) is 19.2 Å². The molecule has 0 saturated heterocycles. The summed E-state index contributed by atoms with van der Waals surface area (Å²) in [6, 6.07) is 5.98. The third-order valence-electron chi connectivity index (χ3n) is 3.30. The number of carbonyl (C=O) groups excluding carboxylic acids is 1. The van der Waals surface area contributed by atoms with Crippen molar-refractivity contribution >= 4 is 15.8 Å². The number of hydrogen-bond donors (Lipinski definition) is 1. The Bertz CT molecular complexity index is 576. The van der Waals surface area contributed by atoms with Crippen LogP contribution >= 0.6 is 0 Å². The van der Waals surface area contributed by atoms with Gasteiger partial charge >= 0.3 is 0 Å². The third-order valence-corrected chi connectivity index (χ3v) is 4.82. The van der Waals surface area contributed by atoms with Gasteiger partial charge in [0.15, 0.2) is 5.78 Å². The zero-order valence-electron chi connectivity index (χ0n) is 10.9. The minimum atomic E-state index is -3.57. The lowest BCUT2D eigenvalue weighted by Gasteiger charge is -2.34. The van der Waals surface area contributed by atoms with Gasteiger partial charge in [-0.1, -0.05) is 12.1 Å². The molecule has 0 amide bonds. The van der Waals surface area contributed by atoms with Crippen LogP contribution in [0.1, 0.15) is 30.1 Å². The van der Waals surface area contributed by atoms with Crippen LogP contribution in [-0.2, 0) is 14.8 Å². The number of ether oxygens (including phenoxy) is 1. The van der Waals surface area contributed by atoms with E-state index in [0.29, 0.717) is 18.4 Å². The molecule has 0 aromatic heterocycles. The number of ketones is 1. The van der Waals surface area contributed by atoms with E-state index in [-0.39, 0.29) is 22.8 Å². The molecular weight excluding hydrogens is 266 g/mol. The second kappa shape index (κ2) is 5.40. The zero-order valence-corrected chi connectivity index (χ0v) is 11.7. The molecule has 0 aliphatic heterocycles. The maximum atomic E-state index is 12.1. The van der Waals surface area contributed by atoms with Crippen LogP contribution in [-0.4, -0.2) is 33.5 Å². The number of Topliss-reactive ketones (excluding diaryl/α,β-unsaturated/α-hetero) is 1. The van der Waals surface area contributed by atoms with E-state index in [4.69, 9.17) is 4.74 Å². The first kappa shape index (κ1) is 14.2. The summed E-state index contributed by atoms with van der Waals surface area (Å²) in [5.41, 5.74) is 0.395. The molecule has 0 radical (unpaired) electrons. The van der Waals surface area contributed by atoms with Gasteiger partial charge in [-0.05, 0) is 31.9 Å². The van der Waals surface area contributed by atoms with E-state index in [1.807, 2.05) is 0 Å². The predicted octanol–water partition coefficient (Wildman–Crippen LogP) is 1.34. The Morgan fingerprint density at radius 1 is 1.37 bits per heavy atom. The molecule has 104 valence electrons. The fourth-order valence-electron chi connectivity index (χ4n) is 2.02. The normalized spacial score (nSPS) is 22.8. The lowest BCUT2D eigenvalue weighted by atomic mass is 9.90. The van der Waals surface area contributed by atoms with E-state index < -0.39 is 10.0 Å². The van der Waals surface area contributed by atoms with Crippen molar-refractivity contribution < 1.29 is 17.9 Å². The summed E-state index contributed by atoms with van der Waals surface area (Å²) in [6.45, 7) is 1.41. The highest BCUT2D eigenvalue weighted by molar-refractivity contribution is 7.89. The first-order chi connectivity index (χ1) is 8.92. The average Bonchev–Trinajstić information content (AvgIpc) is 2.33. The summed E-state index contributed by atoms with van der Waals surface area (Å²) in [4.78, 5) is 11.4. The number of sulfonamides is 1. The maximum Gasteiger partial charge on any atom is 0.240 e. The monoisotopic (exact) mass is 283 g/mol. The lowest BCUT2D eigenvalue weighted by molar-refractivity contribution is 0.0236. The zero-order chi connectivity index (χ0) is 14.0. The molecule has 1 saturated carbocycles. The molecule has 0 bridgehead atoms. The van der Waals surface area contributed by atoms with Crippen LogP contribution in [0.3, 0.4) is 0 Å². The van der Waals surface area contributed by atoms with Crippen LogP contribution in [0.4, 0.5) is 0 Å². The summed E-state index contributed by atoms with van der Waals surface area (Å²) in [5, 5.41) is 0. The minimum Gasteiger partial charge on any atom is -0.381 e. The van der Waals surface area contributed by atoms with E-state index in [2.05, 4.69) is 4.72 Å². The second-order valence-electron chi connectivity index (χ2n) is 4.73. The molecule has 19 heavy (non-hydrogen) atoms. The predicted molar refractivity (Wildman–Crippen MR) is 70.6 cm³/mol. The highest BCUT2D eigenvalue weighted by Gasteiger charge is 2.32. The van der Waals surface area contributed by atoms with E-state index >= 15 is 0 Å². The number of carbonyl (C=O) groups is 1. The van der Waals surface area contributed by atoms with Crippen molar-refractivity contribution in [1.82, 2.24) is 4.72 Å². The molecule has 2 rings (SSSR count). The molecule has 0 spiro atoms. The Kier molecular flexibility index (Phi) is 4.03. The number of methoxy groups -OCH3 is 1. The molecule has 1 aromatic carbocycles. The fraction of sp³-hybridized carbons (Fsp3) is 0.462. The summed E-state index contributed by atoms with van der Waals surface area (Å²) >= 11 is 0.